The van der Waals surface area contributed by atoms with Crippen molar-refractivity contribution in [2.45, 2.75) is 12.9 Å². The molecule has 0 saturated heterocycles. The Morgan fingerprint density at radius 3 is 2.74 bits per heavy atom. The molecule has 2 aromatic heterocycles. The molecular formula is C17H13F3N4O2S. The number of anilines is 2. The summed E-state index contributed by atoms with van der Waals surface area (Å²) in [6, 6.07) is 9.16. The standard InChI is InChI=1S/C17H13F3N4O2S/c18-17(19,20)26-14-6-2-1-4-11(14)8-22-15(25)13-10-27-16(24-13)23-12-5-3-7-21-9-12/h1-7,9-10H,8H2,(H,22,25)(H,23,24). The molecule has 0 aliphatic heterocycles. The Labute approximate surface area is 156 Å². The van der Waals surface area contributed by atoms with Gasteiger partial charge in [0.2, 0.25) is 0 Å². The van der Waals surface area contributed by atoms with Crippen molar-refractivity contribution in [2.24, 2.45) is 0 Å². The maximum atomic E-state index is 12.4. The molecule has 3 rings (SSSR count). The number of hydrogen-bond donors (Lipinski definition) is 2. The number of carbonyl (C=O) groups is 1. The fraction of sp³-hybridized carbons (Fsp3) is 0.118. The van der Waals surface area contributed by atoms with Crippen molar-refractivity contribution in [1.82, 2.24) is 15.3 Å². The Morgan fingerprint density at radius 1 is 1.19 bits per heavy atom. The monoisotopic (exact) mass is 394 g/mol. The molecule has 140 valence electrons. The topological polar surface area (TPSA) is 76.1 Å². The predicted molar refractivity (Wildman–Crippen MR) is 93.9 cm³/mol. The van der Waals surface area contributed by atoms with E-state index >= 15 is 0 Å². The second-order valence-electron chi connectivity index (χ2n) is 5.24. The molecule has 1 amide bonds. The van der Waals surface area contributed by atoms with Gasteiger partial charge >= 0.3 is 6.36 Å². The number of benzene rings is 1. The fourth-order valence-electron chi connectivity index (χ4n) is 2.14. The van der Waals surface area contributed by atoms with Crippen LogP contribution in [0.4, 0.5) is 24.0 Å². The minimum atomic E-state index is -4.80. The number of para-hydroxylation sites is 1. The van der Waals surface area contributed by atoms with Crippen LogP contribution in [0.5, 0.6) is 5.75 Å². The molecule has 0 unspecified atom stereocenters. The van der Waals surface area contributed by atoms with Gasteiger partial charge in [0.15, 0.2) is 5.13 Å². The lowest BCUT2D eigenvalue weighted by Gasteiger charge is -2.13. The Hall–Kier alpha value is -3.14. The molecule has 0 aliphatic carbocycles. The number of ether oxygens (including phenoxy) is 1. The van der Waals surface area contributed by atoms with E-state index in [0.717, 1.165) is 5.69 Å². The molecule has 0 atom stereocenters. The molecule has 1 aromatic carbocycles. The number of hydrogen-bond acceptors (Lipinski definition) is 6. The fourth-order valence-corrected chi connectivity index (χ4v) is 2.85. The lowest BCUT2D eigenvalue weighted by Crippen LogP contribution is -2.24. The summed E-state index contributed by atoms with van der Waals surface area (Å²) in [5.41, 5.74) is 1.07. The van der Waals surface area contributed by atoms with E-state index in [1.807, 2.05) is 0 Å². The summed E-state index contributed by atoms with van der Waals surface area (Å²) in [5, 5.41) is 7.59. The SMILES string of the molecule is O=C(NCc1ccccc1OC(F)(F)F)c1csc(Nc2cccnc2)n1. The molecule has 3 aromatic rings. The number of alkyl halides is 3. The minimum Gasteiger partial charge on any atom is -0.405 e. The molecule has 0 saturated carbocycles. The second kappa shape index (κ2) is 8.04. The molecule has 2 heterocycles. The van der Waals surface area contributed by atoms with Crippen LogP contribution < -0.4 is 15.4 Å². The predicted octanol–water partition coefficient (Wildman–Crippen LogP) is 4.11. The highest BCUT2D eigenvalue weighted by Crippen LogP contribution is 2.26. The summed E-state index contributed by atoms with van der Waals surface area (Å²) in [7, 11) is 0. The Bertz CT molecular complexity index is 916. The van der Waals surface area contributed by atoms with Gasteiger partial charge in [-0.3, -0.25) is 9.78 Å². The first-order chi connectivity index (χ1) is 12.9. The highest BCUT2D eigenvalue weighted by atomic mass is 32.1. The smallest absolute Gasteiger partial charge is 0.405 e. The van der Waals surface area contributed by atoms with Crippen LogP contribution in [0.25, 0.3) is 0 Å². The number of amides is 1. The summed E-state index contributed by atoms with van der Waals surface area (Å²) < 4.78 is 41.3. The number of carbonyl (C=O) groups excluding carboxylic acids is 1. The Kier molecular flexibility index (Phi) is 5.55. The lowest BCUT2D eigenvalue weighted by molar-refractivity contribution is -0.274. The van der Waals surface area contributed by atoms with E-state index in [9.17, 15) is 18.0 Å². The van der Waals surface area contributed by atoms with Crippen molar-refractivity contribution in [3.05, 3.63) is 65.4 Å². The molecule has 0 aliphatic rings. The van der Waals surface area contributed by atoms with Crippen LogP contribution in [0.3, 0.4) is 0 Å². The quantitative estimate of drug-likeness (QED) is 0.658. The van der Waals surface area contributed by atoms with Crippen LogP contribution >= 0.6 is 11.3 Å². The first-order valence-corrected chi connectivity index (χ1v) is 8.53. The van der Waals surface area contributed by atoms with Crippen LogP contribution in [0.1, 0.15) is 16.1 Å². The summed E-state index contributed by atoms with van der Waals surface area (Å²) in [5.74, 6) is -0.866. The van der Waals surface area contributed by atoms with Gasteiger partial charge in [-0.1, -0.05) is 18.2 Å². The van der Waals surface area contributed by atoms with E-state index in [-0.39, 0.29) is 23.6 Å². The van der Waals surface area contributed by atoms with Gasteiger partial charge in [0.25, 0.3) is 5.91 Å². The van der Waals surface area contributed by atoms with Crippen LogP contribution in [0.15, 0.2) is 54.2 Å². The summed E-state index contributed by atoms with van der Waals surface area (Å²) in [6.45, 7) is -0.131. The number of halogens is 3. The van der Waals surface area contributed by atoms with Crippen LogP contribution in [0, 0.1) is 0 Å². The normalized spacial score (nSPS) is 11.1. The highest BCUT2D eigenvalue weighted by molar-refractivity contribution is 7.14. The summed E-state index contributed by atoms with van der Waals surface area (Å²) >= 11 is 1.22. The summed E-state index contributed by atoms with van der Waals surface area (Å²) in [6.07, 6.45) is -1.56. The third-order valence-electron chi connectivity index (χ3n) is 3.29. The number of pyridine rings is 1. The zero-order chi connectivity index (χ0) is 19.3. The van der Waals surface area contributed by atoms with Gasteiger partial charge < -0.3 is 15.4 Å². The zero-order valence-corrected chi connectivity index (χ0v) is 14.5. The van der Waals surface area contributed by atoms with Gasteiger partial charge in [0.05, 0.1) is 11.9 Å². The average Bonchev–Trinajstić information content (AvgIpc) is 3.09. The van der Waals surface area contributed by atoms with Crippen molar-refractivity contribution in [3.8, 4) is 5.75 Å². The third kappa shape index (κ3) is 5.42. The molecule has 6 nitrogen and oxygen atoms in total. The van der Waals surface area contributed by atoms with E-state index in [2.05, 4.69) is 25.3 Å². The number of thiazole rings is 1. The molecular weight excluding hydrogens is 381 g/mol. The number of aromatic nitrogens is 2. The molecule has 0 bridgehead atoms. The van der Waals surface area contributed by atoms with Gasteiger partial charge in [0, 0.05) is 23.7 Å². The van der Waals surface area contributed by atoms with Crippen molar-refractivity contribution in [3.63, 3.8) is 0 Å². The van der Waals surface area contributed by atoms with Crippen LogP contribution in [-0.2, 0) is 6.54 Å². The second-order valence-corrected chi connectivity index (χ2v) is 6.10. The van der Waals surface area contributed by atoms with E-state index in [0.29, 0.717) is 5.13 Å². The average molecular weight is 394 g/mol. The maximum absolute atomic E-state index is 12.4. The van der Waals surface area contributed by atoms with Crippen molar-refractivity contribution >= 4 is 28.1 Å². The van der Waals surface area contributed by atoms with Gasteiger partial charge in [0.1, 0.15) is 11.4 Å². The van der Waals surface area contributed by atoms with E-state index in [1.165, 1.54) is 29.5 Å². The number of nitrogens with one attached hydrogen (secondary N) is 2. The minimum absolute atomic E-state index is 0.131. The molecule has 0 radical (unpaired) electrons. The van der Waals surface area contributed by atoms with Crippen molar-refractivity contribution in [1.29, 1.82) is 0 Å². The van der Waals surface area contributed by atoms with E-state index < -0.39 is 12.3 Å². The molecule has 27 heavy (non-hydrogen) atoms. The van der Waals surface area contributed by atoms with Gasteiger partial charge in [-0.15, -0.1) is 24.5 Å². The maximum Gasteiger partial charge on any atom is 0.573 e. The highest BCUT2D eigenvalue weighted by Gasteiger charge is 2.32. The van der Waals surface area contributed by atoms with E-state index in [4.69, 9.17) is 0 Å². The molecule has 0 spiro atoms. The first-order valence-electron chi connectivity index (χ1n) is 7.65. The van der Waals surface area contributed by atoms with Crippen LogP contribution in [-0.4, -0.2) is 22.2 Å². The van der Waals surface area contributed by atoms with E-state index in [1.54, 1.807) is 36.0 Å². The van der Waals surface area contributed by atoms with Crippen molar-refractivity contribution < 1.29 is 22.7 Å². The Balaban J connectivity index is 1.62. The molecule has 0 fully saturated rings. The molecule has 10 heteroatoms. The third-order valence-corrected chi connectivity index (χ3v) is 4.05. The Morgan fingerprint density at radius 2 is 2.00 bits per heavy atom. The number of nitrogens with zero attached hydrogens (tertiary/aromatic N) is 2. The molecule has 2 N–H and O–H groups in total. The number of rotatable bonds is 6. The largest absolute Gasteiger partial charge is 0.573 e. The summed E-state index contributed by atoms with van der Waals surface area (Å²) in [4.78, 5) is 20.3. The van der Waals surface area contributed by atoms with Crippen molar-refractivity contribution in [2.75, 3.05) is 5.32 Å². The van der Waals surface area contributed by atoms with Gasteiger partial charge in [-0.25, -0.2) is 4.98 Å². The van der Waals surface area contributed by atoms with Gasteiger partial charge in [-0.05, 0) is 18.2 Å². The van der Waals surface area contributed by atoms with Gasteiger partial charge in [-0.2, -0.15) is 0 Å². The van der Waals surface area contributed by atoms with Crippen LogP contribution in [0.2, 0.25) is 0 Å². The zero-order valence-electron chi connectivity index (χ0n) is 13.7. The lowest BCUT2D eigenvalue weighted by atomic mass is 10.2. The first kappa shape index (κ1) is 18.6.